The highest BCUT2D eigenvalue weighted by atomic mass is 35.5. The minimum atomic E-state index is 0.00404. The summed E-state index contributed by atoms with van der Waals surface area (Å²) in [5.41, 5.74) is 7.04. The van der Waals surface area contributed by atoms with Crippen LogP contribution in [0.2, 0.25) is 5.02 Å². The molecular weight excluding hydrogens is 248 g/mol. The highest BCUT2D eigenvalue weighted by molar-refractivity contribution is 6.30. The summed E-state index contributed by atoms with van der Waals surface area (Å²) in [6.45, 7) is 0.641. The van der Waals surface area contributed by atoms with E-state index in [0.717, 1.165) is 36.3 Å². The van der Waals surface area contributed by atoms with Crippen LogP contribution in [0.1, 0.15) is 24.8 Å². The van der Waals surface area contributed by atoms with Crippen LogP contribution in [0.5, 0.6) is 0 Å². The van der Waals surface area contributed by atoms with E-state index in [4.69, 9.17) is 17.3 Å². The van der Waals surface area contributed by atoms with Gasteiger partial charge in [-0.05, 0) is 37.0 Å². The molecule has 98 valence electrons. The minimum Gasteiger partial charge on any atom is -0.355 e. The van der Waals surface area contributed by atoms with Crippen molar-refractivity contribution in [2.24, 2.45) is 11.7 Å². The Labute approximate surface area is 113 Å². The first-order chi connectivity index (χ1) is 8.66. The molecule has 3 nitrogen and oxygen atoms in total. The number of hydrogen-bond acceptors (Lipinski definition) is 2. The maximum Gasteiger partial charge on any atom is 0.224 e. The van der Waals surface area contributed by atoms with E-state index in [-0.39, 0.29) is 17.9 Å². The molecule has 1 aliphatic carbocycles. The van der Waals surface area contributed by atoms with Crippen LogP contribution in [0, 0.1) is 5.92 Å². The summed E-state index contributed by atoms with van der Waals surface area (Å²) in [5.74, 6) is 0.103. The van der Waals surface area contributed by atoms with Crippen LogP contribution in [-0.2, 0) is 11.2 Å². The summed E-state index contributed by atoms with van der Waals surface area (Å²) >= 11 is 5.91. The van der Waals surface area contributed by atoms with E-state index in [1.165, 1.54) is 0 Å². The minimum absolute atomic E-state index is 0.00404. The van der Waals surface area contributed by atoms with E-state index < -0.39 is 0 Å². The molecule has 1 fully saturated rings. The van der Waals surface area contributed by atoms with Gasteiger partial charge < -0.3 is 11.1 Å². The highest BCUT2D eigenvalue weighted by Gasteiger charge is 2.29. The number of hydrogen-bond donors (Lipinski definition) is 2. The molecule has 1 aliphatic rings. The van der Waals surface area contributed by atoms with E-state index >= 15 is 0 Å². The lowest BCUT2D eigenvalue weighted by Gasteiger charge is -2.15. The molecule has 1 aromatic carbocycles. The zero-order valence-electron chi connectivity index (χ0n) is 10.4. The van der Waals surface area contributed by atoms with Crippen molar-refractivity contribution >= 4 is 17.5 Å². The molecule has 4 heteroatoms. The SMILES string of the molecule is NC1CCCC1C(=O)NCCc1cccc(Cl)c1. The number of carbonyl (C=O) groups is 1. The predicted octanol–water partition coefficient (Wildman–Crippen LogP) is 2.13. The zero-order valence-corrected chi connectivity index (χ0v) is 11.1. The first-order valence-electron chi connectivity index (χ1n) is 6.44. The summed E-state index contributed by atoms with van der Waals surface area (Å²) in [6.07, 6.45) is 3.75. The Bertz CT molecular complexity index is 422. The topological polar surface area (TPSA) is 55.1 Å². The molecule has 2 unspecified atom stereocenters. The van der Waals surface area contributed by atoms with Crippen molar-refractivity contribution in [3.8, 4) is 0 Å². The molecule has 18 heavy (non-hydrogen) atoms. The number of nitrogens with two attached hydrogens (primary N) is 1. The summed E-state index contributed by atoms with van der Waals surface area (Å²) < 4.78 is 0. The molecule has 2 atom stereocenters. The number of carbonyl (C=O) groups excluding carboxylic acids is 1. The van der Waals surface area contributed by atoms with Gasteiger partial charge in [0.2, 0.25) is 5.91 Å². The number of rotatable bonds is 4. The molecule has 0 radical (unpaired) electrons. The van der Waals surface area contributed by atoms with Crippen molar-refractivity contribution < 1.29 is 4.79 Å². The fraction of sp³-hybridized carbons (Fsp3) is 0.500. The molecule has 0 saturated heterocycles. The summed E-state index contributed by atoms with van der Waals surface area (Å²) in [4.78, 5) is 11.9. The predicted molar refractivity (Wildman–Crippen MR) is 73.5 cm³/mol. The summed E-state index contributed by atoms with van der Waals surface area (Å²) in [6, 6.07) is 7.75. The van der Waals surface area contributed by atoms with Gasteiger partial charge in [0, 0.05) is 17.6 Å². The Hall–Kier alpha value is -1.06. The third-order valence-electron chi connectivity index (χ3n) is 3.51. The Balaban J connectivity index is 1.77. The molecule has 0 aliphatic heterocycles. The summed E-state index contributed by atoms with van der Waals surface area (Å²) in [7, 11) is 0. The third kappa shape index (κ3) is 3.47. The van der Waals surface area contributed by atoms with Gasteiger partial charge in [-0.25, -0.2) is 0 Å². The molecule has 1 aromatic rings. The standard InChI is InChI=1S/C14H19ClN2O/c15-11-4-1-3-10(9-11)7-8-17-14(18)12-5-2-6-13(12)16/h1,3-4,9,12-13H,2,5-8,16H2,(H,17,18). The van der Waals surface area contributed by atoms with Crippen molar-refractivity contribution in [1.29, 1.82) is 0 Å². The molecule has 0 bridgehead atoms. The number of amides is 1. The first-order valence-corrected chi connectivity index (χ1v) is 6.82. The number of nitrogens with one attached hydrogen (secondary N) is 1. The van der Waals surface area contributed by atoms with Crippen LogP contribution in [0.3, 0.4) is 0 Å². The fourth-order valence-electron chi connectivity index (χ4n) is 2.47. The van der Waals surface area contributed by atoms with E-state index in [9.17, 15) is 4.79 Å². The van der Waals surface area contributed by atoms with Crippen LogP contribution in [0.15, 0.2) is 24.3 Å². The molecule has 2 rings (SSSR count). The monoisotopic (exact) mass is 266 g/mol. The molecule has 1 saturated carbocycles. The Morgan fingerprint density at radius 3 is 2.94 bits per heavy atom. The van der Waals surface area contributed by atoms with Gasteiger partial charge >= 0.3 is 0 Å². The lowest BCUT2D eigenvalue weighted by Crippen LogP contribution is -2.39. The second kappa shape index (κ2) is 6.21. The molecule has 0 spiro atoms. The maximum absolute atomic E-state index is 11.9. The van der Waals surface area contributed by atoms with Crippen LogP contribution in [0.25, 0.3) is 0 Å². The quantitative estimate of drug-likeness (QED) is 0.877. The zero-order chi connectivity index (χ0) is 13.0. The Kier molecular flexibility index (Phi) is 4.61. The van der Waals surface area contributed by atoms with Gasteiger partial charge in [-0.3, -0.25) is 4.79 Å². The second-order valence-electron chi connectivity index (χ2n) is 4.87. The Morgan fingerprint density at radius 1 is 1.44 bits per heavy atom. The van der Waals surface area contributed by atoms with Crippen LogP contribution < -0.4 is 11.1 Å². The van der Waals surface area contributed by atoms with E-state index in [1.807, 2.05) is 24.3 Å². The lowest BCUT2D eigenvalue weighted by molar-refractivity contribution is -0.125. The van der Waals surface area contributed by atoms with Gasteiger partial charge in [0.05, 0.1) is 5.92 Å². The van der Waals surface area contributed by atoms with Gasteiger partial charge in [-0.2, -0.15) is 0 Å². The average molecular weight is 267 g/mol. The smallest absolute Gasteiger partial charge is 0.224 e. The molecule has 0 aromatic heterocycles. The third-order valence-corrected chi connectivity index (χ3v) is 3.74. The molecule has 1 amide bonds. The van der Waals surface area contributed by atoms with Crippen LogP contribution in [0.4, 0.5) is 0 Å². The molecule has 0 heterocycles. The van der Waals surface area contributed by atoms with Gasteiger partial charge in [-0.1, -0.05) is 30.2 Å². The largest absolute Gasteiger partial charge is 0.355 e. The normalized spacial score (nSPS) is 23.0. The highest BCUT2D eigenvalue weighted by Crippen LogP contribution is 2.23. The van der Waals surface area contributed by atoms with Gasteiger partial charge in [-0.15, -0.1) is 0 Å². The van der Waals surface area contributed by atoms with E-state index in [1.54, 1.807) is 0 Å². The summed E-state index contributed by atoms with van der Waals surface area (Å²) in [5, 5.41) is 3.69. The molecule has 3 N–H and O–H groups in total. The van der Waals surface area contributed by atoms with Crippen molar-refractivity contribution in [3.63, 3.8) is 0 Å². The van der Waals surface area contributed by atoms with Crippen LogP contribution >= 0.6 is 11.6 Å². The van der Waals surface area contributed by atoms with Crippen LogP contribution in [-0.4, -0.2) is 18.5 Å². The second-order valence-corrected chi connectivity index (χ2v) is 5.31. The van der Waals surface area contributed by atoms with E-state index in [2.05, 4.69) is 5.32 Å². The fourth-order valence-corrected chi connectivity index (χ4v) is 2.68. The van der Waals surface area contributed by atoms with E-state index in [0.29, 0.717) is 6.54 Å². The van der Waals surface area contributed by atoms with Crippen molar-refractivity contribution in [3.05, 3.63) is 34.9 Å². The number of halogens is 1. The first kappa shape index (κ1) is 13.4. The van der Waals surface area contributed by atoms with Gasteiger partial charge in [0.25, 0.3) is 0 Å². The van der Waals surface area contributed by atoms with Gasteiger partial charge in [0.15, 0.2) is 0 Å². The lowest BCUT2D eigenvalue weighted by atomic mass is 10.0. The Morgan fingerprint density at radius 2 is 2.28 bits per heavy atom. The van der Waals surface area contributed by atoms with Crippen molar-refractivity contribution in [2.75, 3.05) is 6.54 Å². The van der Waals surface area contributed by atoms with Gasteiger partial charge in [0.1, 0.15) is 0 Å². The van der Waals surface area contributed by atoms with Crippen molar-refractivity contribution in [2.45, 2.75) is 31.7 Å². The van der Waals surface area contributed by atoms with Crippen molar-refractivity contribution in [1.82, 2.24) is 5.32 Å². The average Bonchev–Trinajstić information content (AvgIpc) is 2.75. The molecular formula is C14H19ClN2O. The number of benzene rings is 1. The maximum atomic E-state index is 11.9.